The van der Waals surface area contributed by atoms with Gasteiger partial charge in [0.2, 0.25) is 5.82 Å². The van der Waals surface area contributed by atoms with Gasteiger partial charge in [0.05, 0.1) is 0 Å². The third-order valence-electron chi connectivity index (χ3n) is 4.23. The number of pyridine rings is 1. The molecule has 1 unspecified atom stereocenters. The SMILES string of the molecule is NC1CCCN(c2cc(-c3nc(-c4ccccc4)no3)ccn2)C1. The number of anilines is 1. The second-order valence-electron chi connectivity index (χ2n) is 6.04. The van der Waals surface area contributed by atoms with Gasteiger partial charge < -0.3 is 15.2 Å². The Labute approximate surface area is 140 Å². The molecule has 6 nitrogen and oxygen atoms in total. The summed E-state index contributed by atoms with van der Waals surface area (Å²) in [6.45, 7) is 1.80. The van der Waals surface area contributed by atoms with E-state index in [9.17, 15) is 0 Å². The molecule has 4 rings (SSSR count). The zero-order valence-corrected chi connectivity index (χ0v) is 13.3. The van der Waals surface area contributed by atoms with E-state index >= 15 is 0 Å². The molecular formula is C18H19N5O. The highest BCUT2D eigenvalue weighted by Gasteiger charge is 2.19. The second kappa shape index (κ2) is 6.41. The summed E-state index contributed by atoms with van der Waals surface area (Å²) in [5.74, 6) is 1.99. The van der Waals surface area contributed by atoms with Gasteiger partial charge in [-0.05, 0) is 25.0 Å². The Hall–Kier alpha value is -2.73. The molecule has 24 heavy (non-hydrogen) atoms. The van der Waals surface area contributed by atoms with E-state index in [0.29, 0.717) is 11.7 Å². The van der Waals surface area contributed by atoms with Gasteiger partial charge in [-0.25, -0.2) is 4.98 Å². The standard InChI is InChI=1S/C18H19N5O/c19-15-7-4-10-23(12-15)16-11-14(8-9-20-16)18-21-17(22-24-18)13-5-2-1-3-6-13/h1-3,5-6,8-9,11,15H,4,7,10,12,19H2. The first-order valence-electron chi connectivity index (χ1n) is 8.16. The average molecular weight is 321 g/mol. The van der Waals surface area contributed by atoms with Crippen molar-refractivity contribution in [3.05, 3.63) is 48.7 Å². The van der Waals surface area contributed by atoms with Crippen LogP contribution in [0.5, 0.6) is 0 Å². The molecule has 3 heterocycles. The van der Waals surface area contributed by atoms with E-state index in [0.717, 1.165) is 42.9 Å². The lowest BCUT2D eigenvalue weighted by atomic mass is 10.1. The van der Waals surface area contributed by atoms with Gasteiger partial charge >= 0.3 is 0 Å². The Balaban J connectivity index is 1.61. The van der Waals surface area contributed by atoms with Crippen molar-refractivity contribution in [3.63, 3.8) is 0 Å². The van der Waals surface area contributed by atoms with E-state index in [1.807, 2.05) is 42.5 Å². The van der Waals surface area contributed by atoms with Crippen LogP contribution in [0, 0.1) is 0 Å². The van der Waals surface area contributed by atoms with Crippen molar-refractivity contribution in [2.75, 3.05) is 18.0 Å². The number of aromatic nitrogens is 3. The summed E-state index contributed by atoms with van der Waals surface area (Å²) >= 11 is 0. The largest absolute Gasteiger partial charge is 0.355 e. The van der Waals surface area contributed by atoms with Crippen LogP contribution in [0.3, 0.4) is 0 Å². The summed E-state index contributed by atoms with van der Waals surface area (Å²) < 4.78 is 5.44. The Morgan fingerprint density at radius 2 is 2.00 bits per heavy atom. The van der Waals surface area contributed by atoms with Crippen LogP contribution in [0.15, 0.2) is 53.2 Å². The van der Waals surface area contributed by atoms with Gasteiger partial charge in [0.1, 0.15) is 5.82 Å². The average Bonchev–Trinajstić information content (AvgIpc) is 3.13. The number of benzene rings is 1. The lowest BCUT2D eigenvalue weighted by molar-refractivity contribution is 0.432. The highest BCUT2D eigenvalue weighted by molar-refractivity contribution is 5.62. The Bertz CT molecular complexity index is 817. The molecule has 0 amide bonds. The molecule has 1 aliphatic rings. The molecule has 2 N–H and O–H groups in total. The van der Waals surface area contributed by atoms with Crippen LogP contribution < -0.4 is 10.6 Å². The normalized spacial score (nSPS) is 17.9. The highest BCUT2D eigenvalue weighted by atomic mass is 16.5. The molecule has 0 spiro atoms. The number of nitrogens with two attached hydrogens (primary N) is 1. The molecule has 6 heteroatoms. The number of rotatable bonds is 3. The first-order valence-corrected chi connectivity index (χ1v) is 8.16. The van der Waals surface area contributed by atoms with Gasteiger partial charge in [0, 0.05) is 36.5 Å². The van der Waals surface area contributed by atoms with Gasteiger partial charge in [0.15, 0.2) is 0 Å². The molecule has 0 aliphatic carbocycles. The third kappa shape index (κ3) is 3.00. The summed E-state index contributed by atoms with van der Waals surface area (Å²) in [5.41, 5.74) is 7.87. The smallest absolute Gasteiger partial charge is 0.258 e. The molecule has 0 saturated carbocycles. The number of hydrogen-bond acceptors (Lipinski definition) is 6. The summed E-state index contributed by atoms with van der Waals surface area (Å²) in [7, 11) is 0. The Morgan fingerprint density at radius 3 is 2.83 bits per heavy atom. The zero-order valence-electron chi connectivity index (χ0n) is 13.3. The van der Waals surface area contributed by atoms with Crippen LogP contribution >= 0.6 is 0 Å². The van der Waals surface area contributed by atoms with E-state index in [4.69, 9.17) is 10.3 Å². The fourth-order valence-corrected chi connectivity index (χ4v) is 2.99. The van der Waals surface area contributed by atoms with Crippen LogP contribution in [0.4, 0.5) is 5.82 Å². The first kappa shape index (κ1) is 14.8. The van der Waals surface area contributed by atoms with Crippen molar-refractivity contribution in [2.24, 2.45) is 5.73 Å². The molecule has 0 bridgehead atoms. The molecular weight excluding hydrogens is 302 g/mol. The Morgan fingerprint density at radius 1 is 1.12 bits per heavy atom. The van der Waals surface area contributed by atoms with Gasteiger partial charge in [-0.3, -0.25) is 0 Å². The van der Waals surface area contributed by atoms with Gasteiger partial charge in [-0.1, -0.05) is 35.5 Å². The maximum Gasteiger partial charge on any atom is 0.258 e. The lowest BCUT2D eigenvalue weighted by Gasteiger charge is -2.31. The molecule has 0 radical (unpaired) electrons. The first-order chi connectivity index (χ1) is 11.8. The van der Waals surface area contributed by atoms with Crippen LogP contribution in [0.1, 0.15) is 12.8 Å². The van der Waals surface area contributed by atoms with E-state index in [1.165, 1.54) is 0 Å². The summed E-state index contributed by atoms with van der Waals surface area (Å²) in [5, 5.41) is 4.08. The van der Waals surface area contributed by atoms with Gasteiger partial charge in [-0.2, -0.15) is 4.98 Å². The van der Waals surface area contributed by atoms with E-state index < -0.39 is 0 Å². The van der Waals surface area contributed by atoms with Gasteiger partial charge in [-0.15, -0.1) is 0 Å². The maximum absolute atomic E-state index is 6.07. The quantitative estimate of drug-likeness (QED) is 0.799. The van der Waals surface area contributed by atoms with E-state index in [1.54, 1.807) is 6.20 Å². The summed E-state index contributed by atoms with van der Waals surface area (Å²) in [4.78, 5) is 11.2. The lowest BCUT2D eigenvalue weighted by Crippen LogP contribution is -2.43. The fraction of sp³-hybridized carbons (Fsp3) is 0.278. The molecule has 1 aromatic carbocycles. The summed E-state index contributed by atoms with van der Waals surface area (Å²) in [6.07, 6.45) is 3.93. The van der Waals surface area contributed by atoms with Crippen molar-refractivity contribution < 1.29 is 4.52 Å². The van der Waals surface area contributed by atoms with E-state index in [-0.39, 0.29) is 6.04 Å². The topological polar surface area (TPSA) is 81.1 Å². The molecule has 3 aromatic rings. The molecule has 1 atom stereocenters. The molecule has 1 aliphatic heterocycles. The van der Waals surface area contributed by atoms with Gasteiger partial charge in [0.25, 0.3) is 5.89 Å². The van der Waals surface area contributed by atoms with Crippen molar-refractivity contribution in [1.82, 2.24) is 15.1 Å². The fourth-order valence-electron chi connectivity index (χ4n) is 2.99. The highest BCUT2D eigenvalue weighted by Crippen LogP contribution is 2.25. The van der Waals surface area contributed by atoms with Crippen LogP contribution in [-0.4, -0.2) is 34.3 Å². The predicted octanol–water partition coefficient (Wildman–Crippen LogP) is 2.73. The molecule has 122 valence electrons. The van der Waals surface area contributed by atoms with Crippen LogP contribution in [-0.2, 0) is 0 Å². The Kier molecular flexibility index (Phi) is 3.96. The number of hydrogen-bond donors (Lipinski definition) is 1. The number of nitrogens with zero attached hydrogens (tertiary/aromatic N) is 4. The minimum absolute atomic E-state index is 0.206. The van der Waals surface area contributed by atoms with Crippen molar-refractivity contribution in [2.45, 2.75) is 18.9 Å². The minimum atomic E-state index is 0.206. The summed E-state index contributed by atoms with van der Waals surface area (Å²) in [6, 6.07) is 13.9. The predicted molar refractivity (Wildman–Crippen MR) is 92.4 cm³/mol. The third-order valence-corrected chi connectivity index (χ3v) is 4.23. The number of piperidine rings is 1. The zero-order chi connectivity index (χ0) is 16.4. The second-order valence-corrected chi connectivity index (χ2v) is 6.04. The monoisotopic (exact) mass is 321 g/mol. The van der Waals surface area contributed by atoms with E-state index in [2.05, 4.69) is 20.0 Å². The van der Waals surface area contributed by atoms with Crippen molar-refractivity contribution in [3.8, 4) is 22.8 Å². The van der Waals surface area contributed by atoms with Crippen LogP contribution in [0.2, 0.25) is 0 Å². The molecule has 1 saturated heterocycles. The maximum atomic E-state index is 6.07. The van der Waals surface area contributed by atoms with Crippen LogP contribution in [0.25, 0.3) is 22.8 Å². The molecule has 2 aromatic heterocycles. The minimum Gasteiger partial charge on any atom is -0.355 e. The van der Waals surface area contributed by atoms with Crippen molar-refractivity contribution in [1.29, 1.82) is 0 Å². The van der Waals surface area contributed by atoms with Crippen molar-refractivity contribution >= 4 is 5.82 Å². The molecule has 1 fully saturated rings.